The molecule has 1 saturated heterocycles. The van der Waals surface area contributed by atoms with Gasteiger partial charge in [0.15, 0.2) is 0 Å². The summed E-state index contributed by atoms with van der Waals surface area (Å²) in [6, 6.07) is 0. The smallest absolute Gasteiger partial charge is 0.129 e. The Labute approximate surface area is 87.9 Å². The van der Waals surface area contributed by atoms with Crippen molar-refractivity contribution in [1.29, 1.82) is 0 Å². The van der Waals surface area contributed by atoms with Crippen LogP contribution in [0.5, 0.6) is 0 Å². The summed E-state index contributed by atoms with van der Waals surface area (Å²) in [7, 11) is 0. The molecule has 0 aromatic rings. The summed E-state index contributed by atoms with van der Waals surface area (Å²) in [5.41, 5.74) is 0.564. The molecule has 0 spiro atoms. The molecular formula is C11H15F2NO. The van der Waals surface area contributed by atoms with Crippen molar-refractivity contribution in [1.82, 2.24) is 4.90 Å². The van der Waals surface area contributed by atoms with Gasteiger partial charge >= 0.3 is 0 Å². The molecular weight excluding hydrogens is 200 g/mol. The summed E-state index contributed by atoms with van der Waals surface area (Å²) < 4.78 is 26.7. The monoisotopic (exact) mass is 215 g/mol. The minimum absolute atomic E-state index is 0.375. The molecule has 0 aromatic carbocycles. The first-order chi connectivity index (χ1) is 7.08. The zero-order valence-electron chi connectivity index (χ0n) is 8.66. The number of aliphatic hydroxyl groups excluding tert-OH is 1. The van der Waals surface area contributed by atoms with Crippen molar-refractivity contribution in [2.24, 2.45) is 5.92 Å². The maximum absolute atomic E-state index is 13.4. The molecule has 0 saturated carbocycles. The van der Waals surface area contributed by atoms with Crippen molar-refractivity contribution in [2.75, 3.05) is 13.1 Å². The second-order valence-corrected chi connectivity index (χ2v) is 4.24. The van der Waals surface area contributed by atoms with Crippen LogP contribution in [0, 0.1) is 5.92 Å². The normalized spacial score (nSPS) is 36.5. The number of β-amino-alcohol motifs (C(OH)–C–C–N with tert-alkyl or cyclic N) is 1. The van der Waals surface area contributed by atoms with Crippen molar-refractivity contribution < 1.29 is 13.9 Å². The maximum atomic E-state index is 13.4. The largest absolute Gasteiger partial charge is 0.391 e. The third-order valence-corrected chi connectivity index (χ3v) is 3.06. The van der Waals surface area contributed by atoms with Gasteiger partial charge in [0.25, 0.3) is 0 Å². The van der Waals surface area contributed by atoms with Gasteiger partial charge in [-0.2, -0.15) is 0 Å². The molecule has 0 bridgehead atoms. The second kappa shape index (κ2) is 3.93. The van der Waals surface area contributed by atoms with Gasteiger partial charge in [0.05, 0.1) is 6.10 Å². The highest BCUT2D eigenvalue weighted by atomic mass is 19.1. The van der Waals surface area contributed by atoms with E-state index in [1.54, 1.807) is 0 Å². The van der Waals surface area contributed by atoms with E-state index in [2.05, 4.69) is 0 Å². The molecule has 84 valence electrons. The van der Waals surface area contributed by atoms with E-state index in [9.17, 15) is 13.9 Å². The minimum Gasteiger partial charge on any atom is -0.391 e. The third-order valence-electron chi connectivity index (χ3n) is 3.06. The number of hydrogen-bond donors (Lipinski definition) is 1. The molecule has 2 nitrogen and oxygen atoms in total. The van der Waals surface area contributed by atoms with Crippen LogP contribution in [-0.2, 0) is 0 Å². The van der Waals surface area contributed by atoms with E-state index in [-0.39, 0.29) is 6.10 Å². The number of likely N-dealkylation sites (tertiary alicyclic amines) is 1. The maximum Gasteiger partial charge on any atom is 0.129 e. The van der Waals surface area contributed by atoms with Crippen LogP contribution >= 0.6 is 0 Å². The molecule has 3 atom stereocenters. The van der Waals surface area contributed by atoms with E-state index in [1.807, 2.05) is 4.90 Å². The highest BCUT2D eigenvalue weighted by molar-refractivity contribution is 5.29. The Hall–Kier alpha value is -0.900. The van der Waals surface area contributed by atoms with Crippen molar-refractivity contribution in [3.05, 3.63) is 23.7 Å². The number of rotatable bonds is 1. The lowest BCUT2D eigenvalue weighted by molar-refractivity contribution is 0.183. The molecule has 4 heteroatoms. The van der Waals surface area contributed by atoms with Crippen LogP contribution in [0.15, 0.2) is 23.7 Å². The Morgan fingerprint density at radius 3 is 2.80 bits per heavy atom. The molecule has 1 fully saturated rings. The van der Waals surface area contributed by atoms with E-state index in [4.69, 9.17) is 0 Å². The highest BCUT2D eigenvalue weighted by Crippen LogP contribution is 2.30. The number of hydrogen-bond acceptors (Lipinski definition) is 2. The van der Waals surface area contributed by atoms with Gasteiger partial charge in [-0.1, -0.05) is 6.92 Å². The van der Waals surface area contributed by atoms with Crippen LogP contribution in [0.2, 0.25) is 0 Å². The molecule has 1 heterocycles. The molecule has 2 unspecified atom stereocenters. The minimum atomic E-state index is -1.26. The van der Waals surface area contributed by atoms with Crippen LogP contribution < -0.4 is 0 Å². The molecule has 0 radical (unpaired) electrons. The number of halogens is 2. The Kier molecular flexibility index (Phi) is 2.78. The SMILES string of the molecule is CC1C(F)=CC(N2CC[C@@H](O)C2)=CC1F. The van der Waals surface area contributed by atoms with Crippen LogP contribution in [0.1, 0.15) is 13.3 Å². The molecule has 2 rings (SSSR count). The quantitative estimate of drug-likeness (QED) is 0.720. The molecule has 0 amide bonds. The van der Waals surface area contributed by atoms with Gasteiger partial charge < -0.3 is 10.0 Å². The Morgan fingerprint density at radius 1 is 1.53 bits per heavy atom. The summed E-state index contributed by atoms with van der Waals surface area (Å²) in [5.74, 6) is -1.09. The fourth-order valence-corrected chi connectivity index (χ4v) is 1.95. The van der Waals surface area contributed by atoms with Gasteiger partial charge in [0.2, 0.25) is 0 Å². The van der Waals surface area contributed by atoms with Gasteiger partial charge in [-0.3, -0.25) is 0 Å². The zero-order valence-corrected chi connectivity index (χ0v) is 8.66. The van der Waals surface area contributed by atoms with Gasteiger partial charge in [-0.15, -0.1) is 0 Å². The Morgan fingerprint density at radius 2 is 2.27 bits per heavy atom. The third kappa shape index (κ3) is 2.04. The fraction of sp³-hybridized carbons (Fsp3) is 0.636. The summed E-state index contributed by atoms with van der Waals surface area (Å²) >= 11 is 0. The molecule has 0 aromatic heterocycles. The number of alkyl halides is 1. The molecule has 2 aliphatic rings. The number of allylic oxidation sites excluding steroid dienone is 3. The molecule has 15 heavy (non-hydrogen) atoms. The first-order valence-corrected chi connectivity index (χ1v) is 5.24. The van der Waals surface area contributed by atoms with Gasteiger partial charge in [0, 0.05) is 24.7 Å². The van der Waals surface area contributed by atoms with E-state index in [0.717, 1.165) is 0 Å². The lowest BCUT2D eigenvalue weighted by Gasteiger charge is -2.25. The van der Waals surface area contributed by atoms with Crippen molar-refractivity contribution in [2.45, 2.75) is 25.6 Å². The van der Waals surface area contributed by atoms with E-state index >= 15 is 0 Å². The average molecular weight is 215 g/mol. The van der Waals surface area contributed by atoms with E-state index in [1.165, 1.54) is 19.1 Å². The fourth-order valence-electron chi connectivity index (χ4n) is 1.95. The van der Waals surface area contributed by atoms with Crippen LogP contribution in [0.4, 0.5) is 8.78 Å². The Bertz CT molecular complexity index is 314. The summed E-state index contributed by atoms with van der Waals surface area (Å²) in [6.45, 7) is 2.66. The second-order valence-electron chi connectivity index (χ2n) is 4.24. The van der Waals surface area contributed by atoms with Crippen molar-refractivity contribution >= 4 is 0 Å². The predicted octanol–water partition coefficient (Wildman–Crippen LogP) is 1.78. The number of nitrogens with zero attached hydrogens (tertiary/aromatic N) is 1. The van der Waals surface area contributed by atoms with Crippen molar-refractivity contribution in [3.63, 3.8) is 0 Å². The Balaban J connectivity index is 2.13. The van der Waals surface area contributed by atoms with Crippen LogP contribution in [0.3, 0.4) is 0 Å². The molecule has 1 aliphatic carbocycles. The molecule has 1 N–H and O–H groups in total. The van der Waals surface area contributed by atoms with E-state index < -0.39 is 17.9 Å². The van der Waals surface area contributed by atoms with Crippen LogP contribution in [0.25, 0.3) is 0 Å². The molecule has 1 aliphatic heterocycles. The van der Waals surface area contributed by atoms with Gasteiger partial charge in [-0.05, 0) is 18.6 Å². The lowest BCUT2D eigenvalue weighted by atomic mass is 9.98. The van der Waals surface area contributed by atoms with Crippen LogP contribution in [-0.4, -0.2) is 35.4 Å². The topological polar surface area (TPSA) is 23.5 Å². The van der Waals surface area contributed by atoms with Crippen molar-refractivity contribution in [3.8, 4) is 0 Å². The standard InChI is InChI=1S/C11H15F2NO/c1-7-10(12)4-8(5-11(7)13)14-3-2-9(15)6-14/h4-5,7,9-10,15H,2-3,6H2,1H3/t7?,9-,10?/m1/s1. The first-order valence-electron chi connectivity index (χ1n) is 5.24. The summed E-state index contributed by atoms with van der Waals surface area (Å²) in [4.78, 5) is 1.82. The summed E-state index contributed by atoms with van der Waals surface area (Å²) in [5, 5.41) is 9.34. The zero-order chi connectivity index (χ0) is 11.0. The highest BCUT2D eigenvalue weighted by Gasteiger charge is 2.28. The van der Waals surface area contributed by atoms with Gasteiger partial charge in [-0.25, -0.2) is 8.78 Å². The van der Waals surface area contributed by atoms with E-state index in [0.29, 0.717) is 25.2 Å². The average Bonchev–Trinajstić information content (AvgIpc) is 2.60. The predicted molar refractivity (Wildman–Crippen MR) is 53.5 cm³/mol. The number of aliphatic hydroxyl groups is 1. The summed E-state index contributed by atoms with van der Waals surface area (Å²) in [6.07, 6.45) is 1.84. The lowest BCUT2D eigenvalue weighted by Crippen LogP contribution is -2.25. The first kappa shape index (κ1) is 10.6. The van der Waals surface area contributed by atoms with Gasteiger partial charge in [0.1, 0.15) is 12.0 Å².